The molecule has 0 unspecified atom stereocenters. The molecule has 0 heterocycles. The van der Waals surface area contributed by atoms with E-state index in [4.69, 9.17) is 0 Å². The van der Waals surface area contributed by atoms with Crippen molar-refractivity contribution in [2.45, 2.75) is 40.7 Å². The van der Waals surface area contributed by atoms with Gasteiger partial charge in [-0.1, -0.05) is 45.0 Å². The van der Waals surface area contributed by atoms with Gasteiger partial charge in [-0.15, -0.1) is 0 Å². The van der Waals surface area contributed by atoms with E-state index in [1.807, 2.05) is 0 Å². The Morgan fingerprint density at radius 2 is 1.80 bits per heavy atom. The van der Waals surface area contributed by atoms with Gasteiger partial charge in [0.1, 0.15) is 0 Å². The summed E-state index contributed by atoms with van der Waals surface area (Å²) in [5.41, 5.74) is 3.12. The second-order valence-electron chi connectivity index (χ2n) is 5.52. The lowest BCUT2D eigenvalue weighted by molar-refractivity contribution is 0.359. The summed E-state index contributed by atoms with van der Waals surface area (Å²) in [4.78, 5) is 0. The Balaban J connectivity index is 2.62. The molecule has 0 amide bonds. The van der Waals surface area contributed by atoms with E-state index in [2.05, 4.69) is 64.2 Å². The molecule has 1 aromatic carbocycles. The number of nitrogens with one attached hydrogen (secondary N) is 1. The van der Waals surface area contributed by atoms with Gasteiger partial charge < -0.3 is 5.32 Å². The fourth-order valence-electron chi connectivity index (χ4n) is 1.64. The lowest BCUT2D eigenvalue weighted by Crippen LogP contribution is -2.29. The summed E-state index contributed by atoms with van der Waals surface area (Å²) in [5.74, 6) is 0. The van der Waals surface area contributed by atoms with Crippen LogP contribution >= 0.6 is 0 Å². The van der Waals surface area contributed by atoms with E-state index in [1.165, 1.54) is 11.1 Å². The van der Waals surface area contributed by atoms with Crippen LogP contribution in [0, 0.1) is 12.3 Å². The largest absolute Gasteiger partial charge is 0.310 e. The molecule has 1 rings (SSSR count). The SMILES string of the molecule is Cc1ccccc1[C@H](C)NCC(C)(C)C. The standard InChI is InChI=1S/C14H23N/c1-11-8-6-7-9-13(11)12(2)15-10-14(3,4)5/h6-9,12,15H,10H2,1-5H3/t12-/m0/s1. The number of aryl methyl sites for hydroxylation is 1. The molecule has 0 aliphatic heterocycles. The Labute approximate surface area is 93.9 Å². The molecule has 1 aromatic rings. The Kier molecular flexibility index (Phi) is 3.92. The first-order valence-electron chi connectivity index (χ1n) is 5.69. The van der Waals surface area contributed by atoms with Gasteiger partial charge in [0, 0.05) is 12.6 Å². The second-order valence-corrected chi connectivity index (χ2v) is 5.52. The molecule has 0 fully saturated rings. The summed E-state index contributed by atoms with van der Waals surface area (Å²) in [6.07, 6.45) is 0. The fourth-order valence-corrected chi connectivity index (χ4v) is 1.64. The van der Waals surface area contributed by atoms with Crippen molar-refractivity contribution in [2.24, 2.45) is 5.41 Å². The molecule has 0 bridgehead atoms. The van der Waals surface area contributed by atoms with Crippen LogP contribution in [0.4, 0.5) is 0 Å². The van der Waals surface area contributed by atoms with Gasteiger partial charge in [-0.3, -0.25) is 0 Å². The maximum absolute atomic E-state index is 3.58. The maximum atomic E-state index is 3.58. The molecule has 0 aromatic heterocycles. The average molecular weight is 205 g/mol. The minimum Gasteiger partial charge on any atom is -0.310 e. The van der Waals surface area contributed by atoms with Gasteiger partial charge in [-0.05, 0) is 30.4 Å². The van der Waals surface area contributed by atoms with Crippen LogP contribution in [-0.2, 0) is 0 Å². The Morgan fingerprint density at radius 1 is 1.20 bits per heavy atom. The van der Waals surface area contributed by atoms with Gasteiger partial charge in [0.05, 0.1) is 0 Å². The molecule has 15 heavy (non-hydrogen) atoms. The summed E-state index contributed by atoms with van der Waals surface area (Å²) in [6.45, 7) is 12.2. The molecule has 1 heteroatoms. The highest BCUT2D eigenvalue weighted by molar-refractivity contribution is 5.28. The molecule has 0 saturated heterocycles. The van der Waals surface area contributed by atoms with Crippen molar-refractivity contribution in [1.29, 1.82) is 0 Å². The van der Waals surface area contributed by atoms with Crippen LogP contribution in [0.3, 0.4) is 0 Å². The van der Waals surface area contributed by atoms with Gasteiger partial charge in [0.25, 0.3) is 0 Å². The van der Waals surface area contributed by atoms with Crippen molar-refractivity contribution >= 4 is 0 Å². The van der Waals surface area contributed by atoms with Crippen LogP contribution in [0.25, 0.3) is 0 Å². The Morgan fingerprint density at radius 3 is 2.33 bits per heavy atom. The van der Waals surface area contributed by atoms with E-state index < -0.39 is 0 Å². The first-order chi connectivity index (χ1) is 6.90. The van der Waals surface area contributed by atoms with E-state index in [0.29, 0.717) is 11.5 Å². The number of benzene rings is 1. The van der Waals surface area contributed by atoms with Gasteiger partial charge in [0.2, 0.25) is 0 Å². The third-order valence-corrected chi connectivity index (χ3v) is 2.59. The minimum absolute atomic E-state index is 0.344. The molecule has 0 aliphatic carbocycles. The van der Waals surface area contributed by atoms with Crippen LogP contribution in [0.15, 0.2) is 24.3 Å². The summed E-state index contributed by atoms with van der Waals surface area (Å²) in [6, 6.07) is 9.01. The van der Waals surface area contributed by atoms with Crippen LogP contribution in [0.1, 0.15) is 44.9 Å². The second kappa shape index (κ2) is 4.80. The molecular formula is C14H23N. The van der Waals surface area contributed by atoms with Crippen molar-refractivity contribution in [3.05, 3.63) is 35.4 Å². The zero-order valence-corrected chi connectivity index (χ0v) is 10.6. The predicted molar refractivity (Wildman–Crippen MR) is 67.1 cm³/mol. The molecule has 0 spiro atoms. The summed E-state index contributed by atoms with van der Waals surface area (Å²) < 4.78 is 0. The molecule has 1 atom stereocenters. The van der Waals surface area contributed by atoms with Crippen LogP contribution in [-0.4, -0.2) is 6.54 Å². The lowest BCUT2D eigenvalue weighted by atomic mass is 9.95. The van der Waals surface area contributed by atoms with Gasteiger partial charge in [0.15, 0.2) is 0 Å². The number of rotatable bonds is 3. The molecule has 84 valence electrons. The first kappa shape index (κ1) is 12.3. The van der Waals surface area contributed by atoms with Crippen LogP contribution in [0.2, 0.25) is 0 Å². The molecule has 1 nitrogen and oxygen atoms in total. The molecule has 0 aliphatic rings. The van der Waals surface area contributed by atoms with Gasteiger partial charge >= 0.3 is 0 Å². The van der Waals surface area contributed by atoms with E-state index in [1.54, 1.807) is 0 Å². The van der Waals surface area contributed by atoms with E-state index in [-0.39, 0.29) is 0 Å². The summed E-state index contributed by atoms with van der Waals surface area (Å²) in [5, 5.41) is 3.58. The highest BCUT2D eigenvalue weighted by Gasteiger charge is 2.13. The fraction of sp³-hybridized carbons (Fsp3) is 0.571. The third-order valence-electron chi connectivity index (χ3n) is 2.59. The zero-order chi connectivity index (χ0) is 11.5. The highest BCUT2D eigenvalue weighted by atomic mass is 14.9. The smallest absolute Gasteiger partial charge is 0.0294 e. The van der Waals surface area contributed by atoms with E-state index in [0.717, 1.165) is 6.54 Å². The van der Waals surface area contributed by atoms with Crippen LogP contribution < -0.4 is 5.32 Å². The Hall–Kier alpha value is -0.820. The van der Waals surface area contributed by atoms with Crippen molar-refractivity contribution in [3.8, 4) is 0 Å². The molecule has 1 N–H and O–H groups in total. The monoisotopic (exact) mass is 205 g/mol. The number of hydrogen-bond acceptors (Lipinski definition) is 1. The third kappa shape index (κ3) is 4.05. The Bertz CT molecular complexity index is 309. The summed E-state index contributed by atoms with van der Waals surface area (Å²) >= 11 is 0. The maximum Gasteiger partial charge on any atom is 0.0294 e. The quantitative estimate of drug-likeness (QED) is 0.793. The average Bonchev–Trinajstić information content (AvgIpc) is 2.14. The number of hydrogen-bond donors (Lipinski definition) is 1. The zero-order valence-electron chi connectivity index (χ0n) is 10.6. The topological polar surface area (TPSA) is 12.0 Å². The van der Waals surface area contributed by atoms with Crippen molar-refractivity contribution in [2.75, 3.05) is 6.54 Å². The minimum atomic E-state index is 0.344. The van der Waals surface area contributed by atoms with Crippen molar-refractivity contribution in [1.82, 2.24) is 5.32 Å². The van der Waals surface area contributed by atoms with Gasteiger partial charge in [-0.25, -0.2) is 0 Å². The summed E-state index contributed by atoms with van der Waals surface area (Å²) in [7, 11) is 0. The highest BCUT2D eigenvalue weighted by Crippen LogP contribution is 2.19. The predicted octanol–water partition coefficient (Wildman–Crippen LogP) is 3.69. The van der Waals surface area contributed by atoms with Crippen molar-refractivity contribution < 1.29 is 0 Å². The van der Waals surface area contributed by atoms with Crippen LogP contribution in [0.5, 0.6) is 0 Å². The lowest BCUT2D eigenvalue weighted by Gasteiger charge is -2.23. The first-order valence-corrected chi connectivity index (χ1v) is 5.69. The normalized spacial score (nSPS) is 13.9. The molecular weight excluding hydrogens is 182 g/mol. The molecule has 0 saturated carbocycles. The van der Waals surface area contributed by atoms with Crippen molar-refractivity contribution in [3.63, 3.8) is 0 Å². The van der Waals surface area contributed by atoms with Gasteiger partial charge in [-0.2, -0.15) is 0 Å². The van der Waals surface area contributed by atoms with E-state index >= 15 is 0 Å². The molecule has 0 radical (unpaired) electrons. The van der Waals surface area contributed by atoms with E-state index in [9.17, 15) is 0 Å².